The second-order valence-corrected chi connectivity index (χ2v) is 7.59. The van der Waals surface area contributed by atoms with Gasteiger partial charge < -0.3 is 4.98 Å². The summed E-state index contributed by atoms with van der Waals surface area (Å²) in [7, 11) is 0. The monoisotopic (exact) mass is 406 g/mol. The minimum absolute atomic E-state index is 0.395. The quantitative estimate of drug-likeness (QED) is 0.480. The van der Waals surface area contributed by atoms with Gasteiger partial charge in [0.25, 0.3) is 5.56 Å². The van der Waals surface area contributed by atoms with Gasteiger partial charge in [-0.05, 0) is 24.3 Å². The van der Waals surface area contributed by atoms with Crippen LogP contribution in [0.15, 0.2) is 70.6 Å². The van der Waals surface area contributed by atoms with Gasteiger partial charge >= 0.3 is 5.69 Å². The lowest BCUT2D eigenvalue weighted by atomic mass is 10.2. The molecule has 6 nitrogen and oxygen atoms in total. The molecule has 0 saturated carbocycles. The average Bonchev–Trinajstić information content (AvgIpc) is 3.12. The summed E-state index contributed by atoms with van der Waals surface area (Å²) in [6.45, 7) is 0. The third-order valence-electron chi connectivity index (χ3n) is 4.46. The molecule has 136 valence electrons. The molecule has 0 amide bonds. The van der Waals surface area contributed by atoms with E-state index in [4.69, 9.17) is 11.6 Å². The fourth-order valence-electron chi connectivity index (χ4n) is 3.18. The highest BCUT2D eigenvalue weighted by atomic mass is 35.5. The number of nitrogens with zero attached hydrogens (tertiary/aromatic N) is 3. The van der Waals surface area contributed by atoms with Crippen molar-refractivity contribution in [3.8, 4) is 16.1 Å². The summed E-state index contributed by atoms with van der Waals surface area (Å²) in [6, 6.07) is 12.7. The number of aromatic amines is 1. The van der Waals surface area contributed by atoms with E-state index >= 15 is 0 Å². The van der Waals surface area contributed by atoms with Crippen LogP contribution in [0.4, 0.5) is 0 Å². The van der Waals surface area contributed by atoms with Crippen molar-refractivity contribution >= 4 is 44.1 Å². The second kappa shape index (κ2) is 6.40. The average molecular weight is 407 g/mol. The predicted molar refractivity (Wildman–Crippen MR) is 112 cm³/mol. The maximum Gasteiger partial charge on any atom is 0.333 e. The molecule has 4 heterocycles. The fraction of sp³-hybridized carbons (Fsp3) is 0. The Balaban J connectivity index is 1.81. The molecule has 1 N–H and O–H groups in total. The zero-order valence-electron chi connectivity index (χ0n) is 14.2. The van der Waals surface area contributed by atoms with Crippen molar-refractivity contribution in [1.29, 1.82) is 0 Å². The van der Waals surface area contributed by atoms with Gasteiger partial charge in [0.05, 0.1) is 29.1 Å². The summed E-state index contributed by atoms with van der Waals surface area (Å²) in [5.41, 5.74) is 1.37. The van der Waals surface area contributed by atoms with E-state index in [1.807, 2.05) is 18.2 Å². The number of benzene rings is 1. The Bertz CT molecular complexity index is 1480. The first-order chi connectivity index (χ1) is 13.6. The zero-order valence-corrected chi connectivity index (χ0v) is 15.8. The van der Waals surface area contributed by atoms with Gasteiger partial charge in [0.15, 0.2) is 0 Å². The molecule has 0 aliphatic carbocycles. The minimum Gasteiger partial charge on any atom is -0.306 e. The normalized spacial score (nSPS) is 11.3. The van der Waals surface area contributed by atoms with Crippen LogP contribution in [0.3, 0.4) is 0 Å². The molecule has 4 aromatic heterocycles. The predicted octanol–water partition coefficient (Wildman–Crippen LogP) is 4.00. The Labute approximate surface area is 166 Å². The summed E-state index contributed by atoms with van der Waals surface area (Å²) >= 11 is 7.58. The Morgan fingerprint density at radius 3 is 2.79 bits per heavy atom. The number of nitrogens with one attached hydrogen (secondary N) is 1. The molecule has 0 atom stereocenters. The molecule has 0 fully saturated rings. The van der Waals surface area contributed by atoms with Crippen LogP contribution in [0, 0.1) is 0 Å². The molecule has 1 aromatic carbocycles. The summed E-state index contributed by atoms with van der Waals surface area (Å²) in [6.07, 6.45) is 4.73. The van der Waals surface area contributed by atoms with Crippen LogP contribution in [-0.4, -0.2) is 19.5 Å². The smallest absolute Gasteiger partial charge is 0.306 e. The number of pyridine rings is 2. The van der Waals surface area contributed by atoms with Gasteiger partial charge in [0.1, 0.15) is 4.70 Å². The maximum absolute atomic E-state index is 13.2. The summed E-state index contributed by atoms with van der Waals surface area (Å²) in [5.74, 6) is 0. The van der Waals surface area contributed by atoms with Gasteiger partial charge in [-0.2, -0.15) is 0 Å². The second-order valence-electron chi connectivity index (χ2n) is 6.13. The van der Waals surface area contributed by atoms with E-state index in [9.17, 15) is 9.59 Å². The van der Waals surface area contributed by atoms with Gasteiger partial charge in [-0.15, -0.1) is 11.3 Å². The lowest BCUT2D eigenvalue weighted by Crippen LogP contribution is -2.33. The Hall–Kier alpha value is -3.29. The molecule has 0 unspecified atom stereocenters. The molecule has 0 saturated heterocycles. The SMILES string of the molecule is O=c1[nH]c2cc(-c3ccccc3Cl)sc2c(=O)n1-c1cncc2ncccc12. The third kappa shape index (κ3) is 2.56. The molecule has 28 heavy (non-hydrogen) atoms. The standard InChI is InChI=1S/C20H11ClN4O2S/c21-13-6-2-1-4-11(13)17-8-14-18(28-17)19(26)25(20(27)24-14)16-10-22-9-15-12(16)5-3-7-23-15/h1-10H,(H,24,27). The first kappa shape index (κ1) is 16.9. The molecule has 0 aliphatic heterocycles. The lowest BCUT2D eigenvalue weighted by molar-refractivity contribution is 0.905. The molecule has 5 rings (SSSR count). The number of thiophene rings is 1. The van der Waals surface area contributed by atoms with Crippen molar-refractivity contribution in [3.63, 3.8) is 0 Å². The first-order valence-electron chi connectivity index (χ1n) is 8.36. The van der Waals surface area contributed by atoms with Gasteiger partial charge in [-0.3, -0.25) is 14.8 Å². The number of rotatable bonds is 2. The van der Waals surface area contributed by atoms with Crippen molar-refractivity contribution in [1.82, 2.24) is 19.5 Å². The van der Waals surface area contributed by atoms with Gasteiger partial charge in [0.2, 0.25) is 0 Å². The number of hydrogen-bond acceptors (Lipinski definition) is 5. The Morgan fingerprint density at radius 2 is 1.93 bits per heavy atom. The van der Waals surface area contributed by atoms with Gasteiger partial charge in [-0.25, -0.2) is 9.36 Å². The summed E-state index contributed by atoms with van der Waals surface area (Å²) < 4.78 is 1.54. The highest BCUT2D eigenvalue weighted by Gasteiger charge is 2.16. The van der Waals surface area contributed by atoms with E-state index in [1.165, 1.54) is 17.5 Å². The van der Waals surface area contributed by atoms with Crippen LogP contribution in [0.25, 0.3) is 37.2 Å². The van der Waals surface area contributed by atoms with E-state index in [0.717, 1.165) is 15.0 Å². The maximum atomic E-state index is 13.2. The van der Waals surface area contributed by atoms with Crippen LogP contribution >= 0.6 is 22.9 Å². The van der Waals surface area contributed by atoms with Crippen LogP contribution in [0.1, 0.15) is 0 Å². The Kier molecular flexibility index (Phi) is 3.85. The molecular weight excluding hydrogens is 396 g/mol. The topological polar surface area (TPSA) is 80.6 Å². The number of halogens is 1. The van der Waals surface area contributed by atoms with E-state index in [0.29, 0.717) is 31.8 Å². The molecule has 0 spiro atoms. The van der Waals surface area contributed by atoms with Crippen molar-refractivity contribution in [2.24, 2.45) is 0 Å². The molecule has 0 aliphatic rings. The van der Waals surface area contributed by atoms with E-state index in [-0.39, 0.29) is 0 Å². The third-order valence-corrected chi connectivity index (χ3v) is 5.95. The van der Waals surface area contributed by atoms with E-state index in [1.54, 1.807) is 36.7 Å². The summed E-state index contributed by atoms with van der Waals surface area (Å²) in [5, 5.41) is 1.26. The van der Waals surface area contributed by atoms with Crippen LogP contribution < -0.4 is 11.2 Å². The number of aromatic nitrogens is 4. The molecule has 5 aromatic rings. The first-order valence-corrected chi connectivity index (χ1v) is 9.56. The lowest BCUT2D eigenvalue weighted by Gasteiger charge is -2.07. The van der Waals surface area contributed by atoms with E-state index in [2.05, 4.69) is 15.0 Å². The van der Waals surface area contributed by atoms with Crippen molar-refractivity contribution in [2.75, 3.05) is 0 Å². The van der Waals surface area contributed by atoms with Gasteiger partial charge in [-0.1, -0.05) is 29.8 Å². The van der Waals surface area contributed by atoms with Crippen molar-refractivity contribution in [2.45, 2.75) is 0 Å². The molecule has 0 radical (unpaired) electrons. The number of fused-ring (bicyclic) bond motifs is 2. The molecule has 8 heteroatoms. The minimum atomic E-state index is -0.529. The Morgan fingerprint density at radius 1 is 1.07 bits per heavy atom. The van der Waals surface area contributed by atoms with Crippen LogP contribution in [0.5, 0.6) is 0 Å². The van der Waals surface area contributed by atoms with Crippen LogP contribution in [0.2, 0.25) is 5.02 Å². The zero-order chi connectivity index (χ0) is 19.3. The fourth-order valence-corrected chi connectivity index (χ4v) is 4.56. The molecule has 0 bridgehead atoms. The van der Waals surface area contributed by atoms with E-state index < -0.39 is 11.2 Å². The molecular formula is C20H11ClN4O2S. The largest absolute Gasteiger partial charge is 0.333 e. The highest BCUT2D eigenvalue weighted by molar-refractivity contribution is 7.22. The summed E-state index contributed by atoms with van der Waals surface area (Å²) in [4.78, 5) is 37.9. The highest BCUT2D eigenvalue weighted by Crippen LogP contribution is 2.34. The number of hydrogen-bond donors (Lipinski definition) is 1. The number of H-pyrrole nitrogens is 1. The van der Waals surface area contributed by atoms with Gasteiger partial charge in [0, 0.05) is 27.0 Å². The van der Waals surface area contributed by atoms with Crippen molar-refractivity contribution in [3.05, 3.63) is 86.9 Å². The van der Waals surface area contributed by atoms with Crippen molar-refractivity contribution < 1.29 is 0 Å². The van der Waals surface area contributed by atoms with Crippen LogP contribution in [-0.2, 0) is 0 Å².